The van der Waals surface area contributed by atoms with E-state index in [2.05, 4.69) is 26.2 Å². The summed E-state index contributed by atoms with van der Waals surface area (Å²) in [6.45, 7) is 0.380. The highest BCUT2D eigenvalue weighted by Gasteiger charge is 2.52. The number of hydrogen-bond donors (Lipinski definition) is 1. The molecule has 6 heteroatoms. The van der Waals surface area contributed by atoms with Crippen molar-refractivity contribution in [1.82, 2.24) is 15.2 Å². The molecule has 1 spiro atoms. The van der Waals surface area contributed by atoms with Crippen molar-refractivity contribution in [1.29, 1.82) is 0 Å². The van der Waals surface area contributed by atoms with E-state index in [0.717, 1.165) is 42.3 Å². The molecule has 2 aliphatic rings. The lowest BCUT2D eigenvalue weighted by Gasteiger charge is -2.38. The van der Waals surface area contributed by atoms with Crippen LogP contribution in [0.1, 0.15) is 37.8 Å². The number of amides is 3. The van der Waals surface area contributed by atoms with Gasteiger partial charge in [0.15, 0.2) is 0 Å². The summed E-state index contributed by atoms with van der Waals surface area (Å²) in [6.07, 6.45) is 6.32. The molecule has 0 aromatic carbocycles. The molecule has 0 radical (unpaired) electrons. The summed E-state index contributed by atoms with van der Waals surface area (Å²) >= 11 is 3.34. The molecule has 106 valence electrons. The number of urea groups is 1. The van der Waals surface area contributed by atoms with E-state index in [9.17, 15) is 9.59 Å². The zero-order valence-electron chi connectivity index (χ0n) is 11.1. The largest absolute Gasteiger partial charge is 0.325 e. The van der Waals surface area contributed by atoms with Gasteiger partial charge in [0.05, 0.1) is 12.2 Å². The summed E-state index contributed by atoms with van der Waals surface area (Å²) in [5.41, 5.74) is 0.146. The van der Waals surface area contributed by atoms with Gasteiger partial charge >= 0.3 is 6.03 Å². The standard InChI is InChI=1S/C14H16BrN3O2/c15-10-4-5-11(16-8-10)9-18-13(20)17-12(19)14(18)6-2-1-3-7-14/h4-5,8H,1-3,6-7,9H2,(H,17,19,20). The van der Waals surface area contributed by atoms with Crippen LogP contribution >= 0.6 is 15.9 Å². The topological polar surface area (TPSA) is 62.3 Å². The summed E-state index contributed by atoms with van der Waals surface area (Å²) in [7, 11) is 0. The molecule has 3 amide bonds. The molecule has 1 aliphatic carbocycles. The maximum Gasteiger partial charge on any atom is 0.325 e. The first-order valence-electron chi connectivity index (χ1n) is 6.85. The molecule has 5 nitrogen and oxygen atoms in total. The highest BCUT2D eigenvalue weighted by Crippen LogP contribution is 2.37. The molecule has 0 bridgehead atoms. The molecule has 1 aromatic rings. The van der Waals surface area contributed by atoms with Gasteiger partial charge < -0.3 is 4.90 Å². The second-order valence-corrected chi connectivity index (χ2v) is 6.32. The first-order valence-corrected chi connectivity index (χ1v) is 7.65. The van der Waals surface area contributed by atoms with Crippen LogP contribution < -0.4 is 5.32 Å². The summed E-state index contributed by atoms with van der Waals surface area (Å²) in [6, 6.07) is 3.48. The molecule has 20 heavy (non-hydrogen) atoms. The molecule has 0 unspecified atom stereocenters. The molecule has 3 rings (SSSR count). The Hall–Kier alpha value is -1.43. The predicted octanol–water partition coefficient (Wildman–Crippen LogP) is 2.60. The van der Waals surface area contributed by atoms with E-state index < -0.39 is 5.54 Å². The smallest absolute Gasteiger partial charge is 0.304 e. The van der Waals surface area contributed by atoms with Crippen molar-refractivity contribution in [3.8, 4) is 0 Å². The number of carbonyl (C=O) groups excluding carboxylic acids is 2. The van der Waals surface area contributed by atoms with Crippen LogP contribution in [-0.2, 0) is 11.3 Å². The van der Waals surface area contributed by atoms with E-state index in [1.54, 1.807) is 11.1 Å². The quantitative estimate of drug-likeness (QED) is 0.843. The van der Waals surface area contributed by atoms with E-state index in [1.165, 1.54) is 0 Å². The number of imide groups is 1. The average Bonchev–Trinajstić information content (AvgIpc) is 2.67. The normalized spacial score (nSPS) is 21.4. The van der Waals surface area contributed by atoms with Crippen LogP contribution in [0.25, 0.3) is 0 Å². The van der Waals surface area contributed by atoms with Gasteiger partial charge in [0.1, 0.15) is 5.54 Å². The first-order chi connectivity index (χ1) is 9.62. The molecule has 1 N–H and O–H groups in total. The molecule has 2 heterocycles. The Kier molecular flexibility index (Phi) is 3.50. The van der Waals surface area contributed by atoms with Crippen LogP contribution in [0, 0.1) is 0 Å². The lowest BCUT2D eigenvalue weighted by Crippen LogP contribution is -2.50. The van der Waals surface area contributed by atoms with Crippen molar-refractivity contribution in [3.63, 3.8) is 0 Å². The minimum atomic E-state index is -0.649. The highest BCUT2D eigenvalue weighted by atomic mass is 79.9. The van der Waals surface area contributed by atoms with E-state index in [-0.39, 0.29) is 11.9 Å². The monoisotopic (exact) mass is 337 g/mol. The van der Waals surface area contributed by atoms with Crippen LogP contribution in [0.4, 0.5) is 4.79 Å². The lowest BCUT2D eigenvalue weighted by molar-refractivity contribution is -0.128. The molecular weight excluding hydrogens is 322 g/mol. The van der Waals surface area contributed by atoms with Gasteiger partial charge in [-0.25, -0.2) is 4.79 Å². The molecule has 1 saturated carbocycles. The van der Waals surface area contributed by atoms with Crippen molar-refractivity contribution >= 4 is 27.9 Å². The minimum Gasteiger partial charge on any atom is -0.304 e. The Labute approximate surface area is 125 Å². The Bertz CT molecular complexity index is 538. The van der Waals surface area contributed by atoms with Crippen LogP contribution in [0.2, 0.25) is 0 Å². The number of carbonyl (C=O) groups is 2. The van der Waals surface area contributed by atoms with E-state index in [4.69, 9.17) is 0 Å². The Morgan fingerprint density at radius 3 is 2.65 bits per heavy atom. The Morgan fingerprint density at radius 1 is 1.25 bits per heavy atom. The number of pyridine rings is 1. The number of hydrogen-bond acceptors (Lipinski definition) is 3. The van der Waals surface area contributed by atoms with Gasteiger partial charge in [0.25, 0.3) is 5.91 Å². The van der Waals surface area contributed by atoms with Gasteiger partial charge in [0.2, 0.25) is 0 Å². The predicted molar refractivity (Wildman–Crippen MR) is 76.8 cm³/mol. The van der Waals surface area contributed by atoms with Crippen molar-refractivity contribution in [2.24, 2.45) is 0 Å². The van der Waals surface area contributed by atoms with E-state index >= 15 is 0 Å². The molecule has 0 atom stereocenters. The second-order valence-electron chi connectivity index (χ2n) is 5.41. The van der Waals surface area contributed by atoms with Crippen LogP contribution in [0.15, 0.2) is 22.8 Å². The number of halogens is 1. The van der Waals surface area contributed by atoms with E-state index in [0.29, 0.717) is 6.54 Å². The number of nitrogens with one attached hydrogen (secondary N) is 1. The molecule has 2 fully saturated rings. The molecular formula is C14H16BrN3O2. The number of rotatable bonds is 2. The zero-order chi connectivity index (χ0) is 14.2. The Balaban J connectivity index is 1.87. The van der Waals surface area contributed by atoms with Gasteiger partial charge in [-0.15, -0.1) is 0 Å². The summed E-state index contributed by atoms with van der Waals surface area (Å²) in [5.74, 6) is -0.140. The minimum absolute atomic E-state index is 0.140. The summed E-state index contributed by atoms with van der Waals surface area (Å²) in [5, 5.41) is 2.47. The van der Waals surface area contributed by atoms with Crippen molar-refractivity contribution in [3.05, 3.63) is 28.5 Å². The SMILES string of the molecule is O=C1NC(=O)C2(CCCCC2)N1Cc1ccc(Br)cn1. The third-order valence-corrected chi connectivity index (χ3v) is 4.66. The van der Waals surface area contributed by atoms with Crippen molar-refractivity contribution < 1.29 is 9.59 Å². The zero-order valence-corrected chi connectivity index (χ0v) is 12.6. The summed E-state index contributed by atoms with van der Waals surface area (Å²) < 4.78 is 0.899. The lowest BCUT2D eigenvalue weighted by atomic mass is 9.80. The van der Waals surface area contributed by atoms with Crippen molar-refractivity contribution in [2.75, 3.05) is 0 Å². The average molecular weight is 338 g/mol. The summed E-state index contributed by atoms with van der Waals surface area (Å²) in [4.78, 5) is 30.3. The molecule has 1 aromatic heterocycles. The van der Waals surface area contributed by atoms with Gasteiger partial charge in [-0.3, -0.25) is 15.1 Å². The fourth-order valence-corrected chi connectivity index (χ4v) is 3.35. The van der Waals surface area contributed by atoms with Crippen LogP contribution in [-0.4, -0.2) is 27.4 Å². The van der Waals surface area contributed by atoms with Crippen molar-refractivity contribution in [2.45, 2.75) is 44.2 Å². The second kappa shape index (κ2) is 5.16. The number of aromatic nitrogens is 1. The van der Waals surface area contributed by atoms with Crippen LogP contribution in [0.5, 0.6) is 0 Å². The van der Waals surface area contributed by atoms with Gasteiger partial charge in [0, 0.05) is 10.7 Å². The molecule has 1 aliphatic heterocycles. The van der Waals surface area contributed by atoms with Gasteiger partial charge in [-0.1, -0.05) is 19.3 Å². The third-order valence-electron chi connectivity index (χ3n) is 4.19. The molecule has 1 saturated heterocycles. The maximum atomic E-state index is 12.2. The third kappa shape index (κ3) is 2.22. The van der Waals surface area contributed by atoms with Crippen LogP contribution in [0.3, 0.4) is 0 Å². The first kappa shape index (κ1) is 13.5. The Morgan fingerprint density at radius 2 is 2.00 bits per heavy atom. The fraction of sp³-hybridized carbons (Fsp3) is 0.500. The van der Waals surface area contributed by atoms with Gasteiger partial charge in [-0.2, -0.15) is 0 Å². The van der Waals surface area contributed by atoms with E-state index in [1.807, 2.05) is 12.1 Å². The fourth-order valence-electron chi connectivity index (χ4n) is 3.12. The number of nitrogens with zero attached hydrogens (tertiary/aromatic N) is 2. The van der Waals surface area contributed by atoms with Gasteiger partial charge in [-0.05, 0) is 40.9 Å². The highest BCUT2D eigenvalue weighted by molar-refractivity contribution is 9.10. The maximum absolute atomic E-state index is 12.2.